The number of aryl methyl sites for hydroxylation is 1. The molecule has 0 aliphatic carbocycles. The zero-order valence-corrected chi connectivity index (χ0v) is 12.5. The summed E-state index contributed by atoms with van der Waals surface area (Å²) in [6, 6.07) is 8.16. The van der Waals surface area contributed by atoms with E-state index in [-0.39, 0.29) is 0 Å². The molecular weight excluding hydrogens is 236 g/mol. The number of hydrogen-bond donors (Lipinski definition) is 0. The predicted molar refractivity (Wildman–Crippen MR) is 80.4 cm³/mol. The molecule has 0 N–H and O–H groups in total. The van der Waals surface area contributed by atoms with E-state index in [1.807, 2.05) is 19.1 Å². The van der Waals surface area contributed by atoms with E-state index >= 15 is 0 Å². The van der Waals surface area contributed by atoms with E-state index in [9.17, 15) is 0 Å². The van der Waals surface area contributed by atoms with Crippen LogP contribution in [0.4, 0.5) is 0 Å². The van der Waals surface area contributed by atoms with Crippen LogP contribution >= 0.6 is 0 Å². The van der Waals surface area contributed by atoms with E-state index in [2.05, 4.69) is 19.1 Å². The lowest BCUT2D eigenvalue weighted by molar-refractivity contribution is -0.202. The standard InChI is InChI=1S/C17H28O2/c1-3-5-6-7-8-9-10-13-16-14-11-12-15-17(16)19-18-4-2/h11-12,14-15H,3-10,13H2,1-2H3. The zero-order chi connectivity index (χ0) is 13.8. The third kappa shape index (κ3) is 7.22. The Morgan fingerprint density at radius 3 is 2.26 bits per heavy atom. The third-order valence-corrected chi connectivity index (χ3v) is 3.29. The van der Waals surface area contributed by atoms with Gasteiger partial charge in [0.1, 0.15) is 0 Å². The summed E-state index contributed by atoms with van der Waals surface area (Å²) >= 11 is 0. The molecule has 0 aromatic heterocycles. The molecule has 0 fully saturated rings. The van der Waals surface area contributed by atoms with Gasteiger partial charge in [-0.3, -0.25) is 0 Å². The first kappa shape index (κ1) is 16.0. The summed E-state index contributed by atoms with van der Waals surface area (Å²) in [5, 5.41) is 0. The first-order chi connectivity index (χ1) is 9.38. The highest BCUT2D eigenvalue weighted by Crippen LogP contribution is 2.21. The van der Waals surface area contributed by atoms with Gasteiger partial charge in [-0.1, -0.05) is 63.6 Å². The largest absolute Gasteiger partial charge is 0.337 e. The van der Waals surface area contributed by atoms with Gasteiger partial charge in [-0.15, -0.1) is 0 Å². The van der Waals surface area contributed by atoms with Crippen molar-refractivity contribution in [1.82, 2.24) is 0 Å². The summed E-state index contributed by atoms with van der Waals surface area (Å²) in [4.78, 5) is 10.3. The molecule has 0 amide bonds. The summed E-state index contributed by atoms with van der Waals surface area (Å²) in [7, 11) is 0. The highest BCUT2D eigenvalue weighted by molar-refractivity contribution is 5.32. The summed E-state index contributed by atoms with van der Waals surface area (Å²) in [6.45, 7) is 4.76. The first-order valence-electron chi connectivity index (χ1n) is 7.75. The number of rotatable bonds is 11. The molecule has 0 radical (unpaired) electrons. The quantitative estimate of drug-likeness (QED) is 0.306. The van der Waals surface area contributed by atoms with Crippen molar-refractivity contribution >= 4 is 0 Å². The van der Waals surface area contributed by atoms with Crippen LogP contribution in [0.2, 0.25) is 0 Å². The topological polar surface area (TPSA) is 18.5 Å². The molecule has 108 valence electrons. The normalized spacial score (nSPS) is 10.6. The molecule has 2 heteroatoms. The van der Waals surface area contributed by atoms with Crippen molar-refractivity contribution in [3.63, 3.8) is 0 Å². The zero-order valence-electron chi connectivity index (χ0n) is 12.5. The molecule has 0 spiro atoms. The molecule has 0 bridgehead atoms. The molecule has 1 aromatic rings. The molecule has 1 aromatic carbocycles. The van der Waals surface area contributed by atoms with Gasteiger partial charge in [-0.2, -0.15) is 4.89 Å². The molecule has 2 nitrogen and oxygen atoms in total. The van der Waals surface area contributed by atoms with Crippen molar-refractivity contribution in [3.8, 4) is 5.75 Å². The molecule has 0 atom stereocenters. The molecule has 19 heavy (non-hydrogen) atoms. The maximum Gasteiger partial charge on any atom is 0.168 e. The second-order valence-corrected chi connectivity index (χ2v) is 4.97. The van der Waals surface area contributed by atoms with Crippen LogP contribution in [0.1, 0.15) is 64.4 Å². The van der Waals surface area contributed by atoms with Gasteiger partial charge in [-0.05, 0) is 31.4 Å². The van der Waals surface area contributed by atoms with Crippen molar-refractivity contribution in [1.29, 1.82) is 0 Å². The van der Waals surface area contributed by atoms with Crippen LogP contribution in [-0.4, -0.2) is 6.61 Å². The van der Waals surface area contributed by atoms with Gasteiger partial charge in [0.15, 0.2) is 5.75 Å². The molecule has 1 rings (SSSR count). The van der Waals surface area contributed by atoms with Crippen LogP contribution < -0.4 is 4.89 Å². The minimum absolute atomic E-state index is 0.575. The second-order valence-electron chi connectivity index (χ2n) is 4.97. The highest BCUT2D eigenvalue weighted by Gasteiger charge is 2.03. The molecular formula is C17H28O2. The maximum absolute atomic E-state index is 5.30. The average Bonchev–Trinajstić information content (AvgIpc) is 2.45. The SMILES string of the molecule is CCCCCCCCCc1ccccc1OOCC. The summed E-state index contributed by atoms with van der Waals surface area (Å²) in [5.74, 6) is 0.871. The van der Waals surface area contributed by atoms with E-state index in [4.69, 9.17) is 9.78 Å². The fourth-order valence-corrected chi connectivity index (χ4v) is 2.19. The predicted octanol–water partition coefficient (Wildman–Crippen LogP) is 5.31. The fourth-order valence-electron chi connectivity index (χ4n) is 2.19. The molecule has 0 heterocycles. The Morgan fingerprint density at radius 2 is 1.53 bits per heavy atom. The Bertz CT molecular complexity index is 323. The van der Waals surface area contributed by atoms with Gasteiger partial charge in [0, 0.05) is 0 Å². The number of benzene rings is 1. The Labute approximate surface area is 118 Å². The van der Waals surface area contributed by atoms with Crippen LogP contribution in [0.3, 0.4) is 0 Å². The molecule has 0 aliphatic rings. The van der Waals surface area contributed by atoms with Crippen LogP contribution in [0, 0.1) is 0 Å². The van der Waals surface area contributed by atoms with Crippen molar-refractivity contribution in [2.75, 3.05) is 6.61 Å². The second kappa shape index (κ2) is 10.9. The molecule has 0 saturated carbocycles. The molecule has 0 unspecified atom stereocenters. The van der Waals surface area contributed by atoms with E-state index < -0.39 is 0 Å². The average molecular weight is 264 g/mol. The van der Waals surface area contributed by atoms with Gasteiger partial charge >= 0.3 is 0 Å². The summed E-state index contributed by atoms with van der Waals surface area (Å²) in [5.41, 5.74) is 1.25. The molecule has 0 aliphatic heterocycles. The van der Waals surface area contributed by atoms with Gasteiger partial charge in [0.25, 0.3) is 0 Å². The van der Waals surface area contributed by atoms with Crippen molar-refractivity contribution in [2.45, 2.75) is 65.2 Å². The lowest BCUT2D eigenvalue weighted by Crippen LogP contribution is -1.99. The maximum atomic E-state index is 5.30. The summed E-state index contributed by atoms with van der Waals surface area (Å²) < 4.78 is 0. The van der Waals surface area contributed by atoms with Crippen molar-refractivity contribution in [2.24, 2.45) is 0 Å². The summed E-state index contributed by atoms with van der Waals surface area (Å²) in [6.07, 6.45) is 10.5. The Kier molecular flexibility index (Phi) is 9.17. The Balaban J connectivity index is 2.21. The minimum Gasteiger partial charge on any atom is -0.337 e. The van der Waals surface area contributed by atoms with E-state index in [1.165, 1.54) is 50.5 Å². The van der Waals surface area contributed by atoms with Gasteiger partial charge in [0.05, 0.1) is 6.61 Å². The van der Waals surface area contributed by atoms with E-state index in [0.29, 0.717) is 6.61 Å². The smallest absolute Gasteiger partial charge is 0.168 e. The number of hydrogen-bond acceptors (Lipinski definition) is 2. The van der Waals surface area contributed by atoms with E-state index in [1.54, 1.807) is 0 Å². The lowest BCUT2D eigenvalue weighted by Gasteiger charge is -2.09. The van der Waals surface area contributed by atoms with Gasteiger partial charge in [-0.25, -0.2) is 0 Å². The highest BCUT2D eigenvalue weighted by atomic mass is 17.2. The fraction of sp³-hybridized carbons (Fsp3) is 0.647. The number of unbranched alkanes of at least 4 members (excludes halogenated alkanes) is 6. The minimum atomic E-state index is 0.575. The third-order valence-electron chi connectivity index (χ3n) is 3.29. The Morgan fingerprint density at radius 1 is 0.842 bits per heavy atom. The van der Waals surface area contributed by atoms with Crippen LogP contribution in [0.15, 0.2) is 24.3 Å². The van der Waals surface area contributed by atoms with E-state index in [0.717, 1.165) is 12.2 Å². The first-order valence-corrected chi connectivity index (χ1v) is 7.75. The Hall–Kier alpha value is -1.02. The lowest BCUT2D eigenvalue weighted by atomic mass is 10.0. The van der Waals surface area contributed by atoms with Crippen LogP contribution in [0.5, 0.6) is 5.75 Å². The van der Waals surface area contributed by atoms with Crippen LogP contribution in [0.25, 0.3) is 0 Å². The van der Waals surface area contributed by atoms with Gasteiger partial charge < -0.3 is 4.89 Å². The van der Waals surface area contributed by atoms with Crippen LogP contribution in [-0.2, 0) is 11.3 Å². The van der Waals surface area contributed by atoms with Crippen molar-refractivity contribution < 1.29 is 9.78 Å². The van der Waals surface area contributed by atoms with Crippen molar-refractivity contribution in [3.05, 3.63) is 29.8 Å². The number of para-hydroxylation sites is 1. The molecule has 0 saturated heterocycles. The monoisotopic (exact) mass is 264 g/mol. The van der Waals surface area contributed by atoms with Gasteiger partial charge in [0.2, 0.25) is 0 Å².